The standard InChI is InChI=1S/C19H16N4O6S/c1-12-2-7-15(24)10-18(12)22-21-14-5-3-13(4-6-14)20-17-9-8-16(30(27,28)29)11-19(17)23(25)26/h2-11,20,24H,1H3,(H,27,28,29). The van der Waals surface area contributed by atoms with Crippen LogP contribution in [0.1, 0.15) is 5.56 Å². The number of aromatic hydroxyl groups is 1. The van der Waals surface area contributed by atoms with E-state index in [9.17, 15) is 23.6 Å². The van der Waals surface area contributed by atoms with Crippen molar-refractivity contribution in [2.45, 2.75) is 11.8 Å². The lowest BCUT2D eigenvalue weighted by Gasteiger charge is -2.08. The average Bonchev–Trinajstić information content (AvgIpc) is 2.69. The number of nitrogens with one attached hydrogen (secondary N) is 1. The van der Waals surface area contributed by atoms with Gasteiger partial charge in [0.1, 0.15) is 16.3 Å². The van der Waals surface area contributed by atoms with Crippen LogP contribution in [0.15, 0.2) is 75.8 Å². The second-order valence-corrected chi connectivity index (χ2v) is 7.68. The van der Waals surface area contributed by atoms with Crippen LogP contribution in [-0.4, -0.2) is 23.0 Å². The minimum absolute atomic E-state index is 0.0529. The fraction of sp³-hybridized carbons (Fsp3) is 0.0526. The highest BCUT2D eigenvalue weighted by atomic mass is 32.2. The maximum Gasteiger partial charge on any atom is 0.294 e. The van der Waals surface area contributed by atoms with Gasteiger partial charge in [-0.15, -0.1) is 0 Å². The highest BCUT2D eigenvalue weighted by molar-refractivity contribution is 7.85. The van der Waals surface area contributed by atoms with Gasteiger partial charge < -0.3 is 10.4 Å². The zero-order chi connectivity index (χ0) is 21.9. The Morgan fingerprint density at radius 2 is 1.70 bits per heavy atom. The molecule has 0 bridgehead atoms. The van der Waals surface area contributed by atoms with Gasteiger partial charge in [-0.25, -0.2) is 0 Å². The summed E-state index contributed by atoms with van der Waals surface area (Å²) >= 11 is 0. The van der Waals surface area contributed by atoms with Gasteiger partial charge in [0.05, 0.1) is 16.3 Å². The first-order valence-corrected chi connectivity index (χ1v) is 9.92. The van der Waals surface area contributed by atoms with Gasteiger partial charge in [-0.05, 0) is 55.0 Å². The van der Waals surface area contributed by atoms with Crippen LogP contribution in [0.3, 0.4) is 0 Å². The number of azo groups is 1. The lowest BCUT2D eigenvalue weighted by Crippen LogP contribution is -2.02. The molecule has 0 saturated heterocycles. The number of hydrogen-bond acceptors (Lipinski definition) is 8. The van der Waals surface area contributed by atoms with Crippen molar-refractivity contribution in [1.82, 2.24) is 0 Å². The molecule has 0 aliphatic carbocycles. The summed E-state index contributed by atoms with van der Waals surface area (Å²) in [6, 6.07) is 14.3. The fourth-order valence-corrected chi connectivity index (χ4v) is 3.01. The number of nitro groups is 1. The molecule has 10 nitrogen and oxygen atoms in total. The van der Waals surface area contributed by atoms with E-state index in [1.165, 1.54) is 12.1 Å². The van der Waals surface area contributed by atoms with E-state index < -0.39 is 25.6 Å². The van der Waals surface area contributed by atoms with Gasteiger partial charge in [-0.2, -0.15) is 18.6 Å². The molecular formula is C19H16N4O6S. The lowest BCUT2D eigenvalue weighted by molar-refractivity contribution is -0.384. The van der Waals surface area contributed by atoms with Crippen LogP contribution < -0.4 is 5.32 Å². The highest BCUT2D eigenvalue weighted by Crippen LogP contribution is 2.31. The zero-order valence-corrected chi connectivity index (χ0v) is 16.4. The van der Waals surface area contributed by atoms with E-state index in [-0.39, 0.29) is 11.4 Å². The molecular weight excluding hydrogens is 412 g/mol. The first-order chi connectivity index (χ1) is 14.1. The second kappa shape index (κ2) is 8.27. The summed E-state index contributed by atoms with van der Waals surface area (Å²) < 4.78 is 31.5. The van der Waals surface area contributed by atoms with Crippen molar-refractivity contribution >= 4 is 38.6 Å². The lowest BCUT2D eigenvalue weighted by atomic mass is 10.2. The largest absolute Gasteiger partial charge is 0.508 e. The van der Waals surface area contributed by atoms with Crippen molar-refractivity contribution in [3.05, 3.63) is 76.3 Å². The molecule has 11 heteroatoms. The Morgan fingerprint density at radius 3 is 2.33 bits per heavy atom. The Labute approximate surface area is 171 Å². The maximum atomic E-state index is 11.3. The predicted molar refractivity (Wildman–Crippen MR) is 110 cm³/mol. The highest BCUT2D eigenvalue weighted by Gasteiger charge is 2.20. The van der Waals surface area contributed by atoms with Crippen LogP contribution in [0.4, 0.5) is 28.4 Å². The molecule has 0 aliphatic heterocycles. The molecule has 0 radical (unpaired) electrons. The van der Waals surface area contributed by atoms with Crippen molar-refractivity contribution in [3.8, 4) is 5.75 Å². The third-order valence-corrected chi connectivity index (χ3v) is 4.93. The molecule has 30 heavy (non-hydrogen) atoms. The molecule has 0 amide bonds. The smallest absolute Gasteiger partial charge is 0.294 e. The number of hydrogen-bond donors (Lipinski definition) is 3. The summed E-state index contributed by atoms with van der Waals surface area (Å²) in [6.45, 7) is 1.83. The number of rotatable bonds is 6. The summed E-state index contributed by atoms with van der Waals surface area (Å²) in [5.41, 5.74) is 1.91. The molecule has 0 saturated carbocycles. The number of nitrogens with zero attached hydrogens (tertiary/aromatic N) is 3. The topological polar surface area (TPSA) is 154 Å². The Balaban J connectivity index is 1.81. The molecule has 3 aromatic carbocycles. The molecule has 3 rings (SSSR count). The zero-order valence-electron chi connectivity index (χ0n) is 15.6. The van der Waals surface area contributed by atoms with E-state index in [1.54, 1.807) is 36.4 Å². The normalized spacial score (nSPS) is 11.5. The molecule has 0 heterocycles. The summed E-state index contributed by atoms with van der Waals surface area (Å²) in [6.07, 6.45) is 0. The second-order valence-electron chi connectivity index (χ2n) is 6.25. The maximum absolute atomic E-state index is 11.3. The van der Waals surface area contributed by atoms with Gasteiger partial charge in [0, 0.05) is 17.8 Å². The van der Waals surface area contributed by atoms with Crippen molar-refractivity contribution in [3.63, 3.8) is 0 Å². The van der Waals surface area contributed by atoms with Gasteiger partial charge in [0.25, 0.3) is 15.8 Å². The molecule has 0 atom stereocenters. The van der Waals surface area contributed by atoms with Crippen LogP contribution >= 0.6 is 0 Å². The first kappa shape index (κ1) is 20.9. The van der Waals surface area contributed by atoms with Crippen LogP contribution in [0, 0.1) is 17.0 Å². The van der Waals surface area contributed by atoms with Crippen LogP contribution in [-0.2, 0) is 10.1 Å². The molecule has 0 spiro atoms. The Kier molecular flexibility index (Phi) is 5.76. The number of anilines is 2. The SMILES string of the molecule is Cc1ccc(O)cc1N=Nc1ccc(Nc2ccc(S(=O)(=O)O)cc2[N+](=O)[O-])cc1. The molecule has 3 N–H and O–H groups in total. The number of benzene rings is 3. The van der Waals surface area contributed by atoms with E-state index in [2.05, 4.69) is 15.5 Å². The molecule has 3 aromatic rings. The summed E-state index contributed by atoms with van der Waals surface area (Å²) in [5.74, 6) is 0.0794. The Morgan fingerprint density at radius 1 is 1.00 bits per heavy atom. The number of phenols is 1. The quantitative estimate of drug-likeness (QED) is 0.216. The monoisotopic (exact) mass is 428 g/mol. The molecule has 0 aliphatic rings. The third-order valence-electron chi connectivity index (χ3n) is 4.08. The van der Waals surface area contributed by atoms with Crippen LogP contribution in [0.5, 0.6) is 5.75 Å². The Bertz CT molecular complexity index is 1240. The summed E-state index contributed by atoms with van der Waals surface area (Å²) in [7, 11) is -4.56. The molecule has 0 fully saturated rings. The van der Waals surface area contributed by atoms with Gasteiger partial charge in [-0.1, -0.05) is 6.07 Å². The first-order valence-electron chi connectivity index (χ1n) is 8.48. The average molecular weight is 428 g/mol. The minimum Gasteiger partial charge on any atom is -0.508 e. The van der Waals surface area contributed by atoms with Crippen LogP contribution in [0.2, 0.25) is 0 Å². The van der Waals surface area contributed by atoms with Crippen molar-refractivity contribution in [2.75, 3.05) is 5.32 Å². The summed E-state index contributed by atoms with van der Waals surface area (Å²) in [4.78, 5) is 9.94. The number of aryl methyl sites for hydroxylation is 1. The van der Waals surface area contributed by atoms with Crippen molar-refractivity contribution < 1.29 is 23.0 Å². The van der Waals surface area contributed by atoms with E-state index >= 15 is 0 Å². The van der Waals surface area contributed by atoms with Gasteiger partial charge in [-0.3, -0.25) is 14.7 Å². The van der Waals surface area contributed by atoms with E-state index in [0.717, 1.165) is 17.7 Å². The molecule has 0 unspecified atom stereocenters. The minimum atomic E-state index is -4.56. The van der Waals surface area contributed by atoms with E-state index in [4.69, 9.17) is 4.55 Å². The van der Waals surface area contributed by atoms with Gasteiger partial charge in [0.2, 0.25) is 0 Å². The number of nitro benzene ring substituents is 1. The van der Waals surface area contributed by atoms with Gasteiger partial charge in [0.15, 0.2) is 0 Å². The third kappa shape index (κ3) is 4.96. The van der Waals surface area contributed by atoms with Crippen LogP contribution in [0.25, 0.3) is 0 Å². The summed E-state index contributed by atoms with van der Waals surface area (Å²) in [5, 5.41) is 31.8. The van der Waals surface area contributed by atoms with Crippen molar-refractivity contribution in [1.29, 1.82) is 0 Å². The molecule has 0 aromatic heterocycles. The Hall–Kier alpha value is -3.83. The van der Waals surface area contributed by atoms with Crippen molar-refractivity contribution in [2.24, 2.45) is 10.2 Å². The number of phenolic OH excluding ortho intramolecular Hbond substituents is 1. The fourth-order valence-electron chi connectivity index (χ4n) is 2.51. The van der Waals surface area contributed by atoms with E-state index in [0.29, 0.717) is 17.1 Å². The van der Waals surface area contributed by atoms with Gasteiger partial charge >= 0.3 is 0 Å². The predicted octanol–water partition coefficient (Wildman–Crippen LogP) is 5.01. The van der Waals surface area contributed by atoms with E-state index in [1.807, 2.05) is 6.92 Å². The molecule has 154 valence electrons.